The molecule has 0 saturated heterocycles. The molecule has 0 spiro atoms. The fourth-order valence-corrected chi connectivity index (χ4v) is 3.99. The van der Waals surface area contributed by atoms with Gasteiger partial charge in [-0.25, -0.2) is 0 Å². The predicted molar refractivity (Wildman–Crippen MR) is 114 cm³/mol. The number of fused-ring (bicyclic) bond motifs is 1. The van der Waals surface area contributed by atoms with Crippen molar-refractivity contribution in [3.8, 4) is 0 Å². The summed E-state index contributed by atoms with van der Waals surface area (Å²) in [6.07, 6.45) is 0. The van der Waals surface area contributed by atoms with Crippen molar-refractivity contribution >= 4 is 34.1 Å². The van der Waals surface area contributed by atoms with Crippen LogP contribution in [0.3, 0.4) is 0 Å². The third-order valence-electron chi connectivity index (χ3n) is 4.38. The summed E-state index contributed by atoms with van der Waals surface area (Å²) in [6.45, 7) is 0. The van der Waals surface area contributed by atoms with E-state index in [0.717, 1.165) is 27.1 Å². The number of carbonyl (C=O) groups is 1. The normalized spacial score (nSPS) is 10.7. The van der Waals surface area contributed by atoms with Gasteiger partial charge in [0, 0.05) is 16.3 Å². The molecule has 132 valence electrons. The van der Waals surface area contributed by atoms with Gasteiger partial charge in [-0.3, -0.25) is 4.79 Å². The Morgan fingerprint density at radius 1 is 0.741 bits per heavy atom. The molecular weight excluding hydrogens is 350 g/mol. The van der Waals surface area contributed by atoms with Crippen molar-refractivity contribution in [2.75, 3.05) is 5.32 Å². The van der Waals surface area contributed by atoms with Crippen molar-refractivity contribution in [2.24, 2.45) is 0 Å². The molecule has 0 saturated carbocycles. The molecule has 0 unspecified atom stereocenters. The number of amides is 1. The number of nitrogens with one attached hydrogen (secondary N) is 1. The van der Waals surface area contributed by atoms with E-state index in [0.29, 0.717) is 5.56 Å². The van der Waals surface area contributed by atoms with Crippen LogP contribution in [0, 0.1) is 0 Å². The van der Waals surface area contributed by atoms with Crippen LogP contribution >= 0.6 is 11.8 Å². The van der Waals surface area contributed by atoms with E-state index < -0.39 is 0 Å². The molecule has 0 aliphatic heterocycles. The second kappa shape index (κ2) is 8.11. The molecule has 0 atom stereocenters. The second-order valence-corrected chi connectivity index (χ2v) is 7.30. The van der Waals surface area contributed by atoms with Crippen molar-refractivity contribution in [3.05, 3.63) is 108 Å². The van der Waals surface area contributed by atoms with Crippen LogP contribution in [0.1, 0.15) is 15.9 Å². The van der Waals surface area contributed by atoms with E-state index in [9.17, 15) is 4.79 Å². The van der Waals surface area contributed by atoms with Crippen LogP contribution in [0.4, 0.5) is 5.69 Å². The summed E-state index contributed by atoms with van der Waals surface area (Å²) in [6, 6.07) is 32.2. The highest BCUT2D eigenvalue weighted by Gasteiger charge is 2.12. The Bertz CT molecular complexity index is 1080. The van der Waals surface area contributed by atoms with Gasteiger partial charge in [0.05, 0.1) is 5.56 Å². The molecule has 4 aromatic carbocycles. The van der Waals surface area contributed by atoms with Crippen molar-refractivity contribution in [1.82, 2.24) is 0 Å². The first kappa shape index (κ1) is 17.4. The third kappa shape index (κ3) is 4.21. The zero-order chi connectivity index (χ0) is 18.5. The average Bonchev–Trinajstić information content (AvgIpc) is 2.73. The van der Waals surface area contributed by atoms with E-state index >= 15 is 0 Å². The van der Waals surface area contributed by atoms with E-state index in [2.05, 4.69) is 29.6 Å². The lowest BCUT2D eigenvalue weighted by Gasteiger charge is -2.11. The first-order chi connectivity index (χ1) is 13.3. The summed E-state index contributed by atoms with van der Waals surface area (Å²) in [5.41, 5.74) is 2.75. The molecule has 0 fully saturated rings. The number of benzene rings is 4. The van der Waals surface area contributed by atoms with Crippen LogP contribution in [0.5, 0.6) is 0 Å². The summed E-state index contributed by atoms with van der Waals surface area (Å²) in [5.74, 6) is 0.752. The van der Waals surface area contributed by atoms with Crippen LogP contribution in [0.2, 0.25) is 0 Å². The average molecular weight is 369 g/mol. The maximum absolute atomic E-state index is 12.9. The van der Waals surface area contributed by atoms with Gasteiger partial charge in [-0.2, -0.15) is 0 Å². The summed E-state index contributed by atoms with van der Waals surface area (Å²) in [5, 5.41) is 5.31. The van der Waals surface area contributed by atoms with Gasteiger partial charge in [-0.05, 0) is 40.6 Å². The lowest BCUT2D eigenvalue weighted by molar-refractivity contribution is 0.102. The largest absolute Gasteiger partial charge is 0.322 e. The Morgan fingerprint density at radius 3 is 2.30 bits per heavy atom. The van der Waals surface area contributed by atoms with Gasteiger partial charge in [-0.1, -0.05) is 72.8 Å². The Morgan fingerprint density at radius 2 is 1.44 bits per heavy atom. The zero-order valence-corrected chi connectivity index (χ0v) is 15.6. The molecule has 27 heavy (non-hydrogen) atoms. The standard InChI is InChI=1S/C24H19NOS/c26-24(25-21-15-14-19-10-4-5-11-20(19)16-21)22-12-6-7-13-23(22)27-17-18-8-2-1-3-9-18/h1-16H,17H2,(H,25,26). The van der Waals surface area contributed by atoms with Crippen LogP contribution in [-0.4, -0.2) is 5.91 Å². The minimum atomic E-state index is -0.0820. The fraction of sp³-hybridized carbons (Fsp3) is 0.0417. The van der Waals surface area contributed by atoms with Crippen molar-refractivity contribution in [2.45, 2.75) is 10.6 Å². The minimum absolute atomic E-state index is 0.0820. The smallest absolute Gasteiger partial charge is 0.256 e. The minimum Gasteiger partial charge on any atom is -0.322 e. The Labute approximate surface area is 163 Å². The number of anilines is 1. The van der Waals surface area contributed by atoms with E-state index in [1.54, 1.807) is 11.8 Å². The number of rotatable bonds is 5. The summed E-state index contributed by atoms with van der Waals surface area (Å²) in [4.78, 5) is 13.8. The zero-order valence-electron chi connectivity index (χ0n) is 14.8. The number of thioether (sulfide) groups is 1. The highest BCUT2D eigenvalue weighted by atomic mass is 32.2. The summed E-state index contributed by atoms with van der Waals surface area (Å²) in [7, 11) is 0. The molecule has 3 heteroatoms. The van der Waals surface area contributed by atoms with Crippen molar-refractivity contribution in [3.63, 3.8) is 0 Å². The van der Waals surface area contributed by atoms with Crippen molar-refractivity contribution < 1.29 is 4.79 Å². The number of hydrogen-bond acceptors (Lipinski definition) is 2. The van der Waals surface area contributed by atoms with Gasteiger partial charge >= 0.3 is 0 Å². The van der Waals surface area contributed by atoms with E-state index in [1.807, 2.05) is 72.8 Å². The molecule has 0 heterocycles. The SMILES string of the molecule is O=C(Nc1ccc2ccccc2c1)c1ccccc1SCc1ccccc1. The molecule has 0 aliphatic rings. The summed E-state index contributed by atoms with van der Waals surface area (Å²) < 4.78 is 0. The highest BCUT2D eigenvalue weighted by Crippen LogP contribution is 2.27. The van der Waals surface area contributed by atoms with Crippen molar-refractivity contribution in [1.29, 1.82) is 0 Å². The topological polar surface area (TPSA) is 29.1 Å². The van der Waals surface area contributed by atoms with E-state index in [4.69, 9.17) is 0 Å². The van der Waals surface area contributed by atoms with Gasteiger partial charge in [0.15, 0.2) is 0 Å². The molecule has 0 bridgehead atoms. The molecule has 1 N–H and O–H groups in total. The third-order valence-corrected chi connectivity index (χ3v) is 5.52. The summed E-state index contributed by atoms with van der Waals surface area (Å²) >= 11 is 1.68. The predicted octanol–water partition coefficient (Wildman–Crippen LogP) is 6.38. The number of carbonyl (C=O) groups excluding carboxylic acids is 1. The second-order valence-electron chi connectivity index (χ2n) is 6.29. The lowest BCUT2D eigenvalue weighted by Crippen LogP contribution is -2.12. The molecule has 2 nitrogen and oxygen atoms in total. The van der Waals surface area contributed by atoms with Crippen LogP contribution in [0.15, 0.2) is 102 Å². The van der Waals surface area contributed by atoms with Gasteiger partial charge in [0.2, 0.25) is 0 Å². The van der Waals surface area contributed by atoms with Gasteiger partial charge in [0.25, 0.3) is 5.91 Å². The molecule has 1 amide bonds. The molecular formula is C24H19NOS. The molecule has 4 aromatic rings. The van der Waals surface area contributed by atoms with Gasteiger partial charge in [-0.15, -0.1) is 11.8 Å². The Balaban J connectivity index is 1.52. The molecule has 4 rings (SSSR count). The Kier molecular flexibility index (Phi) is 5.22. The van der Waals surface area contributed by atoms with E-state index in [1.165, 1.54) is 5.56 Å². The Hall–Kier alpha value is -3.04. The first-order valence-corrected chi connectivity index (χ1v) is 9.84. The van der Waals surface area contributed by atoms with Crippen LogP contribution in [-0.2, 0) is 5.75 Å². The lowest BCUT2D eigenvalue weighted by atomic mass is 10.1. The monoisotopic (exact) mass is 369 g/mol. The molecule has 0 aromatic heterocycles. The van der Waals surface area contributed by atoms with Crippen LogP contribution < -0.4 is 5.32 Å². The van der Waals surface area contributed by atoms with Gasteiger partial charge in [0.1, 0.15) is 0 Å². The maximum atomic E-state index is 12.9. The maximum Gasteiger partial charge on any atom is 0.256 e. The van der Waals surface area contributed by atoms with E-state index in [-0.39, 0.29) is 5.91 Å². The van der Waals surface area contributed by atoms with Gasteiger partial charge < -0.3 is 5.32 Å². The molecule has 0 radical (unpaired) electrons. The quantitative estimate of drug-likeness (QED) is 0.413. The van der Waals surface area contributed by atoms with Crippen LogP contribution in [0.25, 0.3) is 10.8 Å². The molecule has 0 aliphatic carbocycles. The fourth-order valence-electron chi connectivity index (χ4n) is 2.98. The number of hydrogen-bond donors (Lipinski definition) is 1. The highest BCUT2D eigenvalue weighted by molar-refractivity contribution is 7.98. The first-order valence-electron chi connectivity index (χ1n) is 8.85.